The first kappa shape index (κ1) is 22.8. The van der Waals surface area contributed by atoms with Gasteiger partial charge in [0.25, 0.3) is 0 Å². The SMILES string of the molecule is C[C@H]([C@@H]1O[C@H]1C[C@H]1CO[C@@H](CC(=O)/C=C(\O)c2ccc(F)cc2)[C@H](O)[C@@H]1O)[C@H](C)O. The Morgan fingerprint density at radius 2 is 1.87 bits per heavy atom. The third kappa shape index (κ3) is 5.44. The zero-order chi connectivity index (χ0) is 22.0. The summed E-state index contributed by atoms with van der Waals surface area (Å²) in [5, 5.41) is 40.5. The predicted octanol–water partition coefficient (Wildman–Crippen LogP) is 1.59. The number of aliphatic hydroxyl groups is 4. The van der Waals surface area contributed by atoms with E-state index in [2.05, 4.69) is 0 Å². The molecule has 1 aromatic carbocycles. The number of carbonyl (C=O) groups excluding carboxylic acids is 1. The van der Waals surface area contributed by atoms with Crippen LogP contribution in [0.3, 0.4) is 0 Å². The molecule has 30 heavy (non-hydrogen) atoms. The van der Waals surface area contributed by atoms with Gasteiger partial charge in [-0.2, -0.15) is 0 Å². The zero-order valence-corrected chi connectivity index (χ0v) is 17.0. The van der Waals surface area contributed by atoms with Crippen LogP contribution in [-0.4, -0.2) is 69.4 Å². The van der Waals surface area contributed by atoms with Crippen LogP contribution in [0.1, 0.15) is 32.3 Å². The van der Waals surface area contributed by atoms with Crippen molar-refractivity contribution < 1.29 is 39.1 Å². The van der Waals surface area contributed by atoms with E-state index in [1.807, 2.05) is 6.92 Å². The normalized spacial score (nSPS) is 33.7. The van der Waals surface area contributed by atoms with E-state index in [0.717, 1.165) is 6.08 Å². The van der Waals surface area contributed by atoms with Crippen LogP contribution in [0.4, 0.5) is 4.39 Å². The highest BCUT2D eigenvalue weighted by atomic mass is 19.1. The molecule has 0 aromatic heterocycles. The van der Waals surface area contributed by atoms with Crippen LogP contribution in [-0.2, 0) is 14.3 Å². The Bertz CT molecular complexity index is 763. The number of rotatable bonds is 8. The molecule has 0 aliphatic carbocycles. The molecule has 2 fully saturated rings. The Morgan fingerprint density at radius 3 is 2.50 bits per heavy atom. The van der Waals surface area contributed by atoms with Crippen LogP contribution in [0, 0.1) is 17.7 Å². The fourth-order valence-corrected chi connectivity index (χ4v) is 3.83. The first-order valence-electron chi connectivity index (χ1n) is 10.2. The average Bonchev–Trinajstić information content (AvgIpc) is 3.46. The van der Waals surface area contributed by atoms with Gasteiger partial charge in [-0.3, -0.25) is 4.79 Å². The number of epoxide rings is 1. The van der Waals surface area contributed by atoms with Gasteiger partial charge in [0, 0.05) is 29.9 Å². The lowest BCUT2D eigenvalue weighted by molar-refractivity contribution is -0.169. The third-order valence-corrected chi connectivity index (χ3v) is 6.01. The Kier molecular flexibility index (Phi) is 7.26. The molecule has 3 rings (SSSR count). The molecule has 2 aliphatic rings. The van der Waals surface area contributed by atoms with Gasteiger partial charge in [0.05, 0.1) is 37.1 Å². The number of benzene rings is 1. The number of hydrogen-bond donors (Lipinski definition) is 4. The van der Waals surface area contributed by atoms with Crippen molar-refractivity contribution in [2.24, 2.45) is 11.8 Å². The van der Waals surface area contributed by atoms with E-state index in [1.165, 1.54) is 24.3 Å². The number of ether oxygens (including phenoxy) is 2. The fourth-order valence-electron chi connectivity index (χ4n) is 3.83. The lowest BCUT2D eigenvalue weighted by Crippen LogP contribution is -2.51. The minimum atomic E-state index is -1.25. The molecule has 2 saturated heterocycles. The second kappa shape index (κ2) is 9.53. The Hall–Kier alpha value is -1.84. The number of ketones is 1. The molecule has 7 nitrogen and oxygen atoms in total. The Labute approximate surface area is 174 Å². The molecule has 2 heterocycles. The maximum atomic E-state index is 13.0. The van der Waals surface area contributed by atoms with Crippen molar-refractivity contribution in [1.29, 1.82) is 0 Å². The van der Waals surface area contributed by atoms with E-state index >= 15 is 0 Å². The third-order valence-electron chi connectivity index (χ3n) is 6.01. The standard InChI is InChI=1S/C22H29FO7/c1-11(12(2)24)22-19(30-22)7-14-10-29-18(21(28)20(14)27)9-16(25)8-17(26)13-3-5-15(23)6-4-13/h3-6,8,11-12,14,18-22,24,26-28H,7,9-10H2,1-2H3/b17-8-/t11-,12-,14-,18-,19-,20+,21-,22-/m0/s1. The van der Waals surface area contributed by atoms with Crippen molar-refractivity contribution in [3.8, 4) is 0 Å². The van der Waals surface area contributed by atoms with Crippen LogP contribution in [0.5, 0.6) is 0 Å². The van der Waals surface area contributed by atoms with Gasteiger partial charge in [0.15, 0.2) is 5.78 Å². The minimum Gasteiger partial charge on any atom is -0.507 e. The van der Waals surface area contributed by atoms with Crippen LogP contribution >= 0.6 is 0 Å². The summed E-state index contributed by atoms with van der Waals surface area (Å²) in [5.41, 5.74) is 0.292. The molecular formula is C22H29FO7. The van der Waals surface area contributed by atoms with Gasteiger partial charge in [0.2, 0.25) is 0 Å². The van der Waals surface area contributed by atoms with Gasteiger partial charge in [0.1, 0.15) is 17.7 Å². The van der Waals surface area contributed by atoms with Crippen molar-refractivity contribution in [3.05, 3.63) is 41.7 Å². The summed E-state index contributed by atoms with van der Waals surface area (Å²) in [5.74, 6) is -1.61. The van der Waals surface area contributed by atoms with E-state index < -0.39 is 36.0 Å². The van der Waals surface area contributed by atoms with Gasteiger partial charge in [-0.25, -0.2) is 4.39 Å². The summed E-state index contributed by atoms with van der Waals surface area (Å²) in [4.78, 5) is 12.2. The Morgan fingerprint density at radius 1 is 1.20 bits per heavy atom. The summed E-state index contributed by atoms with van der Waals surface area (Å²) in [6, 6.07) is 5.04. The number of halogens is 1. The van der Waals surface area contributed by atoms with Gasteiger partial charge in [-0.15, -0.1) is 0 Å². The smallest absolute Gasteiger partial charge is 0.162 e. The molecule has 8 heteroatoms. The molecule has 1 aromatic rings. The lowest BCUT2D eigenvalue weighted by atomic mass is 9.85. The van der Waals surface area contributed by atoms with E-state index in [0.29, 0.717) is 12.0 Å². The van der Waals surface area contributed by atoms with Gasteiger partial charge >= 0.3 is 0 Å². The molecule has 0 amide bonds. The van der Waals surface area contributed by atoms with Crippen LogP contribution in [0.25, 0.3) is 5.76 Å². The van der Waals surface area contributed by atoms with Gasteiger partial charge in [-0.05, 0) is 37.6 Å². The van der Waals surface area contributed by atoms with E-state index in [-0.39, 0.29) is 42.8 Å². The van der Waals surface area contributed by atoms with Gasteiger partial charge < -0.3 is 29.9 Å². The largest absolute Gasteiger partial charge is 0.507 e. The van der Waals surface area contributed by atoms with E-state index in [1.54, 1.807) is 6.92 Å². The van der Waals surface area contributed by atoms with Crippen molar-refractivity contribution in [3.63, 3.8) is 0 Å². The maximum Gasteiger partial charge on any atom is 0.162 e. The molecule has 0 unspecified atom stereocenters. The average molecular weight is 424 g/mol. The summed E-state index contributed by atoms with van der Waals surface area (Å²) in [6.07, 6.45) is -2.60. The summed E-state index contributed by atoms with van der Waals surface area (Å²) < 4.78 is 24.2. The zero-order valence-electron chi connectivity index (χ0n) is 17.0. The molecule has 4 N–H and O–H groups in total. The van der Waals surface area contributed by atoms with Crippen LogP contribution in [0.15, 0.2) is 30.3 Å². The van der Waals surface area contributed by atoms with Crippen molar-refractivity contribution in [2.75, 3.05) is 6.61 Å². The van der Waals surface area contributed by atoms with Crippen LogP contribution < -0.4 is 0 Å². The summed E-state index contributed by atoms with van der Waals surface area (Å²) >= 11 is 0. The fraction of sp³-hybridized carbons (Fsp3) is 0.591. The number of allylic oxidation sites excluding steroid dienone is 1. The molecule has 166 valence electrons. The molecule has 0 saturated carbocycles. The second-order valence-corrected chi connectivity index (χ2v) is 8.29. The van der Waals surface area contributed by atoms with E-state index in [4.69, 9.17) is 9.47 Å². The molecule has 0 bridgehead atoms. The summed E-state index contributed by atoms with van der Waals surface area (Å²) in [7, 11) is 0. The topological polar surface area (TPSA) is 120 Å². The highest BCUT2D eigenvalue weighted by Gasteiger charge is 2.48. The van der Waals surface area contributed by atoms with Crippen molar-refractivity contribution >= 4 is 11.5 Å². The highest BCUT2D eigenvalue weighted by Crippen LogP contribution is 2.38. The summed E-state index contributed by atoms with van der Waals surface area (Å²) in [6.45, 7) is 3.77. The quantitative estimate of drug-likeness (QED) is 0.284. The molecule has 0 radical (unpaired) electrons. The molecule has 8 atom stereocenters. The highest BCUT2D eigenvalue weighted by molar-refractivity contribution is 5.95. The minimum absolute atomic E-state index is 0.0208. The van der Waals surface area contributed by atoms with Crippen LogP contribution in [0.2, 0.25) is 0 Å². The number of carbonyl (C=O) groups is 1. The lowest BCUT2D eigenvalue weighted by Gasteiger charge is -2.37. The molecule has 0 spiro atoms. The molecular weight excluding hydrogens is 395 g/mol. The van der Waals surface area contributed by atoms with Crippen molar-refractivity contribution in [1.82, 2.24) is 0 Å². The molecule has 2 aliphatic heterocycles. The first-order valence-corrected chi connectivity index (χ1v) is 10.2. The maximum absolute atomic E-state index is 13.0. The first-order chi connectivity index (χ1) is 14.2. The van der Waals surface area contributed by atoms with Gasteiger partial charge in [-0.1, -0.05) is 6.92 Å². The van der Waals surface area contributed by atoms with Crippen molar-refractivity contribution in [2.45, 2.75) is 63.3 Å². The second-order valence-electron chi connectivity index (χ2n) is 8.29. The van der Waals surface area contributed by atoms with E-state index in [9.17, 15) is 29.6 Å². The number of hydrogen-bond acceptors (Lipinski definition) is 7. The monoisotopic (exact) mass is 424 g/mol. The number of aliphatic hydroxyl groups excluding tert-OH is 4. The Balaban J connectivity index is 1.51. The predicted molar refractivity (Wildman–Crippen MR) is 106 cm³/mol.